The molecule has 0 saturated heterocycles. The van der Waals surface area contributed by atoms with Crippen molar-refractivity contribution in [2.45, 2.75) is 6.92 Å². The highest BCUT2D eigenvalue weighted by Gasteiger charge is 2.20. The van der Waals surface area contributed by atoms with Crippen LogP contribution in [0.3, 0.4) is 0 Å². The molecule has 12 heteroatoms. The number of sulfonamides is 1. The van der Waals surface area contributed by atoms with Crippen molar-refractivity contribution >= 4 is 44.6 Å². The molecule has 0 saturated carbocycles. The van der Waals surface area contributed by atoms with Crippen molar-refractivity contribution in [1.29, 1.82) is 0 Å². The quantitative estimate of drug-likeness (QED) is 0.516. The molecule has 1 heterocycles. The number of anilines is 3. The van der Waals surface area contributed by atoms with Crippen LogP contribution in [-0.2, 0) is 14.8 Å². The first kappa shape index (κ1) is 19.3. The highest BCUT2D eigenvalue weighted by molar-refractivity contribution is 7.92. The van der Waals surface area contributed by atoms with Gasteiger partial charge in [0.1, 0.15) is 12.4 Å². The summed E-state index contributed by atoms with van der Waals surface area (Å²) in [6, 6.07) is 5.88. The van der Waals surface area contributed by atoms with Gasteiger partial charge in [-0.15, -0.1) is 10.2 Å². The maximum absolute atomic E-state index is 12.4. The normalized spacial score (nSPS) is 13.0. The molecule has 2 rings (SSSR count). The molecule has 2 N–H and O–H groups in total. The summed E-state index contributed by atoms with van der Waals surface area (Å²) in [4.78, 5) is 12.4. The second-order valence-corrected chi connectivity index (χ2v) is 8.36. The van der Waals surface area contributed by atoms with E-state index in [9.17, 15) is 13.2 Å². The summed E-state index contributed by atoms with van der Waals surface area (Å²) in [5.74, 6) is -0.632. The third-order valence-corrected chi connectivity index (χ3v) is 5.24. The number of ether oxygens (including phenoxy) is 2. The number of hydrogen-bond donors (Lipinski definition) is 2. The Labute approximate surface area is 184 Å². The van der Waals surface area contributed by atoms with Crippen LogP contribution in [0.2, 0.25) is 5.15 Å². The van der Waals surface area contributed by atoms with Crippen molar-refractivity contribution in [3.63, 3.8) is 0 Å². The summed E-state index contributed by atoms with van der Waals surface area (Å²) in [5, 5.41) is 11.9. The fourth-order valence-corrected chi connectivity index (χ4v) is 3.00. The molecule has 30 heavy (non-hydrogen) atoms. The van der Waals surface area contributed by atoms with Crippen LogP contribution >= 0.6 is 11.6 Å². The molecular weight excluding hydrogens is 434 g/mol. The van der Waals surface area contributed by atoms with Crippen LogP contribution in [0.1, 0.15) is 21.5 Å². The van der Waals surface area contributed by atoms with Gasteiger partial charge in [0.15, 0.2) is 10.8 Å². The predicted molar refractivity (Wildman–Crippen MR) is 115 cm³/mol. The van der Waals surface area contributed by atoms with Crippen molar-refractivity contribution in [2.75, 3.05) is 49.7 Å². The lowest BCUT2D eigenvalue weighted by molar-refractivity contribution is 0.0958. The lowest BCUT2D eigenvalue weighted by Crippen LogP contribution is -2.26. The van der Waals surface area contributed by atoms with Gasteiger partial charge in [-0.1, -0.05) is 11.6 Å². The fourth-order valence-electron chi connectivity index (χ4n) is 2.34. The second kappa shape index (κ2) is 10.4. The van der Waals surface area contributed by atoms with Gasteiger partial charge in [0.2, 0.25) is 10.0 Å². The highest BCUT2D eigenvalue weighted by atomic mass is 35.5. The first-order valence-electron chi connectivity index (χ1n) is 10.2. The largest absolute Gasteiger partial charge is 0.491 e. The van der Waals surface area contributed by atoms with E-state index in [1.165, 1.54) is 25.2 Å². The maximum atomic E-state index is 12.4. The van der Waals surface area contributed by atoms with Gasteiger partial charge in [0.05, 0.1) is 29.9 Å². The van der Waals surface area contributed by atoms with Crippen molar-refractivity contribution in [3.05, 3.63) is 35.1 Å². The summed E-state index contributed by atoms with van der Waals surface area (Å²) >= 11 is 5.91. The average molecular weight is 461 g/mol. The molecule has 2 aromatic rings. The highest BCUT2D eigenvalue weighted by Crippen LogP contribution is 2.34. The standard InChI is InChI=1S/C18H24ClN5O5S/c1-5-28-8-9-29-12-6-7-13(15(10-12)24(3)30(4,26)27)21-14-11-16(19)22-23-17(14)18(25)20-2/h6-7,10-11H,5,8-9H2,1-4H3,(H,20,25)(H,21,22)/i2D3. The lowest BCUT2D eigenvalue weighted by Gasteiger charge is -2.22. The van der Waals surface area contributed by atoms with E-state index < -0.39 is 22.9 Å². The van der Waals surface area contributed by atoms with E-state index in [-0.39, 0.29) is 34.5 Å². The van der Waals surface area contributed by atoms with Crippen molar-refractivity contribution < 1.29 is 26.8 Å². The van der Waals surface area contributed by atoms with Crippen molar-refractivity contribution in [3.8, 4) is 5.75 Å². The molecule has 0 radical (unpaired) electrons. The van der Waals surface area contributed by atoms with Gasteiger partial charge in [-0.2, -0.15) is 0 Å². The zero-order valence-electron chi connectivity index (χ0n) is 19.6. The van der Waals surface area contributed by atoms with Crippen LogP contribution < -0.4 is 19.7 Å². The topological polar surface area (TPSA) is 123 Å². The Bertz CT molecular complexity index is 1100. The number of aromatic nitrogens is 2. The molecular formula is C18H24ClN5O5S. The van der Waals surface area contributed by atoms with Crippen molar-refractivity contribution in [2.24, 2.45) is 0 Å². The van der Waals surface area contributed by atoms with Gasteiger partial charge in [0, 0.05) is 36.9 Å². The van der Waals surface area contributed by atoms with Gasteiger partial charge >= 0.3 is 0 Å². The van der Waals surface area contributed by atoms with E-state index in [0.29, 0.717) is 19.0 Å². The van der Waals surface area contributed by atoms with Gasteiger partial charge < -0.3 is 20.1 Å². The summed E-state index contributed by atoms with van der Waals surface area (Å²) in [5.41, 5.74) is 0.124. The third-order valence-electron chi connectivity index (χ3n) is 3.87. The van der Waals surface area contributed by atoms with E-state index in [0.717, 1.165) is 10.6 Å². The zero-order valence-corrected chi connectivity index (χ0v) is 18.2. The molecule has 0 atom stereocenters. The molecule has 0 aliphatic rings. The minimum absolute atomic E-state index is 0.0184. The summed E-state index contributed by atoms with van der Waals surface area (Å²) in [7, 11) is -2.32. The Balaban J connectivity index is 2.45. The summed E-state index contributed by atoms with van der Waals surface area (Å²) in [6.45, 7) is 0.252. The van der Waals surface area contributed by atoms with Crippen LogP contribution in [-0.4, -0.2) is 64.6 Å². The Morgan fingerprint density at radius 3 is 2.70 bits per heavy atom. The number of carbonyl (C=O) groups excluding carboxylic acids is 1. The molecule has 10 nitrogen and oxygen atoms in total. The number of rotatable bonds is 10. The van der Waals surface area contributed by atoms with E-state index in [2.05, 4.69) is 15.5 Å². The van der Waals surface area contributed by atoms with Crippen LogP contribution in [0.25, 0.3) is 0 Å². The number of halogens is 1. The van der Waals surface area contributed by atoms with E-state index in [4.69, 9.17) is 25.2 Å². The van der Waals surface area contributed by atoms with Gasteiger partial charge in [-0.3, -0.25) is 9.10 Å². The Morgan fingerprint density at radius 2 is 2.03 bits per heavy atom. The third kappa shape index (κ3) is 6.18. The van der Waals surface area contributed by atoms with Crippen molar-refractivity contribution in [1.82, 2.24) is 15.5 Å². The van der Waals surface area contributed by atoms with E-state index >= 15 is 0 Å². The van der Waals surface area contributed by atoms with Gasteiger partial charge in [-0.25, -0.2) is 8.42 Å². The molecule has 0 unspecified atom stereocenters. The van der Waals surface area contributed by atoms with Crippen LogP contribution in [0.4, 0.5) is 17.1 Å². The molecule has 0 bridgehead atoms. The van der Waals surface area contributed by atoms with Gasteiger partial charge in [-0.05, 0) is 19.1 Å². The second-order valence-electron chi connectivity index (χ2n) is 5.96. The number of benzene rings is 1. The van der Waals surface area contributed by atoms with E-state index in [1.54, 1.807) is 6.07 Å². The molecule has 1 aromatic heterocycles. The number of hydrogen-bond acceptors (Lipinski definition) is 8. The molecule has 1 aromatic carbocycles. The number of nitrogens with one attached hydrogen (secondary N) is 2. The summed E-state index contributed by atoms with van der Waals surface area (Å²) < 4.78 is 57.9. The monoisotopic (exact) mass is 460 g/mol. The molecule has 164 valence electrons. The Kier molecular flexibility index (Phi) is 6.71. The van der Waals surface area contributed by atoms with Crippen LogP contribution in [0.5, 0.6) is 5.75 Å². The van der Waals surface area contributed by atoms with Crippen LogP contribution in [0.15, 0.2) is 24.3 Å². The Hall–Kier alpha value is -2.63. The van der Waals surface area contributed by atoms with Gasteiger partial charge in [0.25, 0.3) is 5.91 Å². The molecule has 0 aliphatic heterocycles. The number of nitrogens with zero attached hydrogens (tertiary/aromatic N) is 3. The lowest BCUT2D eigenvalue weighted by atomic mass is 10.2. The molecule has 1 amide bonds. The first-order chi connectivity index (χ1) is 15.3. The SMILES string of the molecule is [2H]C([2H])([2H])NC(=O)c1nnc(Cl)cc1Nc1ccc(OCCOCC)cc1N(C)S(C)(=O)=O. The smallest absolute Gasteiger partial charge is 0.273 e. The number of carbonyl (C=O) groups is 1. The minimum Gasteiger partial charge on any atom is -0.491 e. The maximum Gasteiger partial charge on any atom is 0.273 e. The molecule has 0 fully saturated rings. The van der Waals surface area contributed by atoms with E-state index in [1.807, 2.05) is 12.2 Å². The molecule has 0 spiro atoms. The molecule has 0 aliphatic carbocycles. The minimum atomic E-state index is -3.67. The predicted octanol–water partition coefficient (Wildman–Crippen LogP) is 2.04. The average Bonchev–Trinajstić information content (AvgIpc) is 2.69. The first-order valence-corrected chi connectivity index (χ1v) is 11.0. The zero-order chi connectivity index (χ0) is 24.8. The van der Waals surface area contributed by atoms with Crippen LogP contribution in [0, 0.1) is 0 Å². The fraction of sp³-hybridized carbons (Fsp3) is 0.389. The number of amides is 1. The summed E-state index contributed by atoms with van der Waals surface area (Å²) in [6.07, 6.45) is 1.03. The Morgan fingerprint density at radius 1 is 1.27 bits per heavy atom.